The Kier molecular flexibility index (Phi) is 4.06. The van der Waals surface area contributed by atoms with Crippen molar-refractivity contribution in [3.63, 3.8) is 0 Å². The first-order chi connectivity index (χ1) is 6.92. The summed E-state index contributed by atoms with van der Waals surface area (Å²) in [4.78, 5) is 2.37. The molecule has 1 rings (SSSR count). The summed E-state index contributed by atoms with van der Waals surface area (Å²) in [6.45, 7) is 12.9. The second kappa shape index (κ2) is 4.91. The van der Waals surface area contributed by atoms with Crippen molar-refractivity contribution in [2.75, 3.05) is 13.1 Å². The third-order valence-corrected chi connectivity index (χ3v) is 2.63. The third-order valence-electron chi connectivity index (χ3n) is 2.63. The number of allylic oxidation sites excluding steroid dienone is 1. The second-order valence-electron chi connectivity index (χ2n) is 5.53. The zero-order valence-corrected chi connectivity index (χ0v) is 10.8. The van der Waals surface area contributed by atoms with Crippen LogP contribution in [0.1, 0.15) is 47.5 Å². The molecule has 2 heteroatoms. The standard InChI is InChI=1S/C13H25NO/c1-6-12(15-13(3,4)5)14-9-7-8-11(2)10-14/h6,11H,7-10H2,1-5H3/b12-6+. The highest BCUT2D eigenvalue weighted by atomic mass is 16.5. The average Bonchev–Trinajstić information content (AvgIpc) is 2.13. The van der Waals surface area contributed by atoms with E-state index in [-0.39, 0.29) is 5.60 Å². The summed E-state index contributed by atoms with van der Waals surface area (Å²) < 4.78 is 5.96. The van der Waals surface area contributed by atoms with Crippen LogP contribution in [0.4, 0.5) is 0 Å². The molecule has 15 heavy (non-hydrogen) atoms. The van der Waals surface area contributed by atoms with Crippen molar-refractivity contribution in [3.8, 4) is 0 Å². The Balaban J connectivity index is 2.59. The molecule has 1 heterocycles. The van der Waals surface area contributed by atoms with E-state index in [1.165, 1.54) is 12.8 Å². The van der Waals surface area contributed by atoms with Crippen LogP contribution in [0.5, 0.6) is 0 Å². The van der Waals surface area contributed by atoms with Gasteiger partial charge in [-0.25, -0.2) is 0 Å². The van der Waals surface area contributed by atoms with Crippen molar-refractivity contribution in [3.05, 3.63) is 12.0 Å². The molecule has 0 aliphatic carbocycles. The zero-order chi connectivity index (χ0) is 11.5. The summed E-state index contributed by atoms with van der Waals surface area (Å²) in [5, 5.41) is 0. The minimum absolute atomic E-state index is 0.0947. The molecule has 0 amide bonds. The lowest BCUT2D eigenvalue weighted by atomic mass is 10.0. The molecule has 0 aromatic heterocycles. The summed E-state index contributed by atoms with van der Waals surface area (Å²) in [6, 6.07) is 0. The number of hydrogen-bond donors (Lipinski definition) is 0. The molecule has 0 N–H and O–H groups in total. The van der Waals surface area contributed by atoms with Gasteiger partial charge in [-0.3, -0.25) is 0 Å². The highest BCUT2D eigenvalue weighted by molar-refractivity contribution is 4.94. The molecule has 0 bridgehead atoms. The summed E-state index contributed by atoms with van der Waals surface area (Å²) >= 11 is 0. The van der Waals surface area contributed by atoms with Gasteiger partial charge in [0.25, 0.3) is 0 Å². The van der Waals surface area contributed by atoms with Gasteiger partial charge in [-0.1, -0.05) is 6.92 Å². The van der Waals surface area contributed by atoms with Gasteiger partial charge in [-0.05, 0) is 52.5 Å². The van der Waals surface area contributed by atoms with Crippen LogP contribution in [0.2, 0.25) is 0 Å². The van der Waals surface area contributed by atoms with Crippen LogP contribution in [0.15, 0.2) is 12.0 Å². The molecular weight excluding hydrogens is 186 g/mol. The van der Waals surface area contributed by atoms with Crippen LogP contribution in [-0.2, 0) is 4.74 Å². The zero-order valence-electron chi connectivity index (χ0n) is 10.8. The lowest BCUT2D eigenvalue weighted by molar-refractivity contribution is -0.00826. The second-order valence-corrected chi connectivity index (χ2v) is 5.53. The van der Waals surface area contributed by atoms with E-state index in [2.05, 4.69) is 45.6 Å². The fraction of sp³-hybridized carbons (Fsp3) is 0.846. The van der Waals surface area contributed by atoms with E-state index in [0.29, 0.717) is 0 Å². The average molecular weight is 211 g/mol. The first-order valence-electron chi connectivity index (χ1n) is 6.02. The molecule has 0 radical (unpaired) electrons. The van der Waals surface area contributed by atoms with Crippen LogP contribution in [0.25, 0.3) is 0 Å². The van der Waals surface area contributed by atoms with Gasteiger partial charge in [0.05, 0.1) is 0 Å². The van der Waals surface area contributed by atoms with E-state index in [0.717, 1.165) is 24.9 Å². The summed E-state index contributed by atoms with van der Waals surface area (Å²) in [7, 11) is 0. The molecule has 88 valence electrons. The largest absolute Gasteiger partial charge is 0.474 e. The smallest absolute Gasteiger partial charge is 0.185 e. The minimum atomic E-state index is -0.0947. The van der Waals surface area contributed by atoms with Crippen molar-refractivity contribution in [2.24, 2.45) is 5.92 Å². The fourth-order valence-electron chi connectivity index (χ4n) is 2.01. The van der Waals surface area contributed by atoms with Gasteiger partial charge in [-0.2, -0.15) is 0 Å². The first-order valence-corrected chi connectivity index (χ1v) is 6.02. The van der Waals surface area contributed by atoms with Gasteiger partial charge in [-0.15, -0.1) is 0 Å². The molecule has 2 nitrogen and oxygen atoms in total. The molecule has 0 aromatic rings. The van der Waals surface area contributed by atoms with Gasteiger partial charge in [0.2, 0.25) is 0 Å². The van der Waals surface area contributed by atoms with E-state index < -0.39 is 0 Å². The fourth-order valence-corrected chi connectivity index (χ4v) is 2.01. The number of hydrogen-bond acceptors (Lipinski definition) is 2. The van der Waals surface area contributed by atoms with Crippen molar-refractivity contribution in [2.45, 2.75) is 53.1 Å². The molecule has 1 atom stereocenters. The third kappa shape index (κ3) is 4.15. The SMILES string of the molecule is C/C=C(/OC(C)(C)C)N1CCCC(C)C1. The Morgan fingerprint density at radius 3 is 2.53 bits per heavy atom. The van der Waals surface area contributed by atoms with Crippen molar-refractivity contribution < 1.29 is 4.74 Å². The van der Waals surface area contributed by atoms with Crippen LogP contribution >= 0.6 is 0 Å². The molecule has 1 saturated heterocycles. The molecule has 1 unspecified atom stereocenters. The van der Waals surface area contributed by atoms with Crippen LogP contribution < -0.4 is 0 Å². The molecular formula is C13H25NO. The molecule has 0 spiro atoms. The lowest BCUT2D eigenvalue weighted by Gasteiger charge is -2.36. The van der Waals surface area contributed by atoms with Crippen molar-refractivity contribution >= 4 is 0 Å². The number of likely N-dealkylation sites (tertiary alicyclic amines) is 1. The van der Waals surface area contributed by atoms with Crippen LogP contribution in [0.3, 0.4) is 0 Å². The summed E-state index contributed by atoms with van der Waals surface area (Å²) in [5.74, 6) is 1.84. The van der Waals surface area contributed by atoms with Crippen LogP contribution in [-0.4, -0.2) is 23.6 Å². The maximum Gasteiger partial charge on any atom is 0.185 e. The normalized spacial score (nSPS) is 24.2. The maximum atomic E-state index is 5.96. The Morgan fingerprint density at radius 2 is 2.07 bits per heavy atom. The monoisotopic (exact) mass is 211 g/mol. The summed E-state index contributed by atoms with van der Waals surface area (Å²) in [5.41, 5.74) is -0.0947. The molecule has 0 saturated carbocycles. The number of nitrogens with zero attached hydrogens (tertiary/aromatic N) is 1. The number of piperidine rings is 1. The van der Waals surface area contributed by atoms with Crippen molar-refractivity contribution in [1.29, 1.82) is 0 Å². The Bertz CT molecular complexity index is 227. The Morgan fingerprint density at radius 1 is 1.40 bits per heavy atom. The lowest BCUT2D eigenvalue weighted by Crippen LogP contribution is -2.37. The summed E-state index contributed by atoms with van der Waals surface area (Å²) in [6.07, 6.45) is 4.72. The van der Waals surface area contributed by atoms with E-state index >= 15 is 0 Å². The van der Waals surface area contributed by atoms with E-state index in [9.17, 15) is 0 Å². The molecule has 1 aliphatic heterocycles. The number of ether oxygens (including phenoxy) is 1. The molecule has 1 aliphatic rings. The van der Waals surface area contributed by atoms with Gasteiger partial charge in [0.15, 0.2) is 5.88 Å². The number of rotatable bonds is 2. The Hall–Kier alpha value is -0.660. The highest BCUT2D eigenvalue weighted by Crippen LogP contribution is 2.23. The topological polar surface area (TPSA) is 12.5 Å². The highest BCUT2D eigenvalue weighted by Gasteiger charge is 2.22. The molecule has 1 fully saturated rings. The van der Waals surface area contributed by atoms with Crippen LogP contribution in [0, 0.1) is 5.92 Å². The molecule has 0 aromatic carbocycles. The van der Waals surface area contributed by atoms with Gasteiger partial charge in [0.1, 0.15) is 5.60 Å². The van der Waals surface area contributed by atoms with E-state index in [4.69, 9.17) is 4.74 Å². The van der Waals surface area contributed by atoms with Gasteiger partial charge < -0.3 is 9.64 Å². The predicted octanol–water partition coefficient (Wildman–Crippen LogP) is 3.39. The van der Waals surface area contributed by atoms with E-state index in [1.54, 1.807) is 0 Å². The van der Waals surface area contributed by atoms with E-state index in [1.807, 2.05) is 0 Å². The quantitative estimate of drug-likeness (QED) is 0.649. The predicted molar refractivity (Wildman–Crippen MR) is 64.6 cm³/mol. The Labute approximate surface area is 94.3 Å². The van der Waals surface area contributed by atoms with Gasteiger partial charge >= 0.3 is 0 Å². The maximum absolute atomic E-state index is 5.96. The minimum Gasteiger partial charge on any atom is -0.474 e. The first kappa shape index (κ1) is 12.4. The van der Waals surface area contributed by atoms with Gasteiger partial charge in [0, 0.05) is 13.1 Å². The van der Waals surface area contributed by atoms with Crippen molar-refractivity contribution in [1.82, 2.24) is 4.90 Å².